The Bertz CT molecular complexity index is 402. The zero-order valence-corrected chi connectivity index (χ0v) is 22.3. The first-order valence-electron chi connectivity index (χ1n) is 14.5. The quantitative estimate of drug-likeness (QED) is 0.0785. The molecule has 0 aliphatic carbocycles. The Kier molecular flexibility index (Phi) is 25.8. The summed E-state index contributed by atoms with van der Waals surface area (Å²) in [7, 11) is 0. The van der Waals surface area contributed by atoms with Crippen LogP contribution in [0, 0.1) is 5.92 Å². The topological polar surface area (TPSA) is 26.3 Å². The van der Waals surface area contributed by atoms with Gasteiger partial charge in [-0.2, -0.15) is 0 Å². The molecule has 0 saturated heterocycles. The Balaban J connectivity index is 3.43. The second kappa shape index (κ2) is 26.5. The molecule has 0 radical (unpaired) electrons. The first kappa shape index (κ1) is 31.2. The predicted molar refractivity (Wildman–Crippen MR) is 142 cm³/mol. The first-order valence-corrected chi connectivity index (χ1v) is 14.5. The molecule has 0 N–H and O–H groups in total. The summed E-state index contributed by atoms with van der Waals surface area (Å²) in [5.41, 5.74) is 0. The van der Waals surface area contributed by atoms with Crippen LogP contribution in [0.2, 0.25) is 0 Å². The van der Waals surface area contributed by atoms with Gasteiger partial charge in [-0.3, -0.25) is 4.79 Å². The van der Waals surface area contributed by atoms with Gasteiger partial charge >= 0.3 is 5.97 Å². The third kappa shape index (κ3) is 23.9. The van der Waals surface area contributed by atoms with Crippen molar-refractivity contribution in [3.8, 4) is 0 Å². The fourth-order valence-corrected chi connectivity index (χ4v) is 4.24. The lowest BCUT2D eigenvalue weighted by molar-refractivity contribution is -0.145. The van der Waals surface area contributed by atoms with Crippen LogP contribution >= 0.6 is 0 Å². The second-order valence-corrected chi connectivity index (χ2v) is 9.85. The molecule has 2 nitrogen and oxygen atoms in total. The maximum atomic E-state index is 12.0. The lowest BCUT2D eigenvalue weighted by atomic mass is 9.98. The molecule has 0 amide bonds. The van der Waals surface area contributed by atoms with Gasteiger partial charge in [0, 0.05) is 6.42 Å². The van der Waals surface area contributed by atoms with Crippen molar-refractivity contribution in [1.82, 2.24) is 0 Å². The smallest absolute Gasteiger partial charge is 0.305 e. The minimum absolute atomic E-state index is 0.0176. The van der Waals surface area contributed by atoms with Crippen molar-refractivity contribution in [1.29, 1.82) is 0 Å². The molecule has 0 spiro atoms. The van der Waals surface area contributed by atoms with Crippen LogP contribution < -0.4 is 0 Å². The van der Waals surface area contributed by atoms with E-state index in [2.05, 4.69) is 32.9 Å². The molecule has 0 saturated carbocycles. The van der Waals surface area contributed by atoms with E-state index in [-0.39, 0.29) is 5.97 Å². The summed E-state index contributed by atoms with van der Waals surface area (Å²) in [5, 5.41) is 0. The van der Waals surface area contributed by atoms with Gasteiger partial charge in [0.05, 0.1) is 6.61 Å². The Morgan fingerprint density at radius 3 is 1.62 bits per heavy atom. The number of rotatable bonds is 25. The van der Waals surface area contributed by atoms with Crippen molar-refractivity contribution >= 4 is 5.97 Å². The van der Waals surface area contributed by atoms with Gasteiger partial charge in [-0.1, -0.05) is 129 Å². The fraction of sp³-hybridized carbons (Fsp3) is 0.900. The zero-order valence-electron chi connectivity index (χ0n) is 22.3. The first-order chi connectivity index (χ1) is 15.7. The fourth-order valence-electron chi connectivity index (χ4n) is 4.24. The zero-order chi connectivity index (χ0) is 23.5. The number of unbranched alkanes of at least 4 members (excludes halogenated alkanes) is 16. The molecule has 0 aromatic rings. The average molecular weight is 451 g/mol. The molecule has 0 fully saturated rings. The van der Waals surface area contributed by atoms with E-state index < -0.39 is 0 Å². The Morgan fingerprint density at radius 2 is 1.09 bits per heavy atom. The Morgan fingerprint density at radius 1 is 0.625 bits per heavy atom. The lowest BCUT2D eigenvalue weighted by Crippen LogP contribution is -2.13. The van der Waals surface area contributed by atoms with Crippen LogP contribution in [0.4, 0.5) is 0 Å². The highest BCUT2D eigenvalue weighted by Gasteiger charge is 2.10. The number of carbonyl (C=O) groups excluding carboxylic acids is 1. The number of esters is 1. The third-order valence-electron chi connectivity index (χ3n) is 6.67. The van der Waals surface area contributed by atoms with E-state index in [0.29, 0.717) is 18.9 Å². The molecule has 0 aliphatic rings. The number of allylic oxidation sites excluding steroid dienone is 2. The molecule has 1 unspecified atom stereocenters. The third-order valence-corrected chi connectivity index (χ3v) is 6.67. The molecule has 0 aliphatic heterocycles. The molecular formula is C30H58O2. The molecule has 2 heteroatoms. The van der Waals surface area contributed by atoms with E-state index in [0.717, 1.165) is 19.3 Å². The average Bonchev–Trinajstić information content (AvgIpc) is 2.80. The maximum absolute atomic E-state index is 12.0. The van der Waals surface area contributed by atoms with Gasteiger partial charge in [-0.05, 0) is 44.4 Å². The second-order valence-electron chi connectivity index (χ2n) is 9.85. The van der Waals surface area contributed by atoms with E-state index in [4.69, 9.17) is 4.74 Å². The van der Waals surface area contributed by atoms with Gasteiger partial charge in [0.1, 0.15) is 0 Å². The van der Waals surface area contributed by atoms with Crippen LogP contribution in [0.25, 0.3) is 0 Å². The van der Waals surface area contributed by atoms with Crippen molar-refractivity contribution in [2.24, 2.45) is 5.92 Å². The van der Waals surface area contributed by atoms with Crippen LogP contribution in [-0.2, 0) is 9.53 Å². The van der Waals surface area contributed by atoms with E-state index >= 15 is 0 Å². The highest BCUT2D eigenvalue weighted by Crippen LogP contribution is 2.16. The highest BCUT2D eigenvalue weighted by molar-refractivity contribution is 5.69. The van der Waals surface area contributed by atoms with E-state index in [1.54, 1.807) is 0 Å². The predicted octanol–water partition coefficient (Wildman–Crippen LogP) is 10.3. The molecule has 32 heavy (non-hydrogen) atoms. The van der Waals surface area contributed by atoms with Crippen LogP contribution in [0.1, 0.15) is 162 Å². The normalized spacial score (nSPS) is 12.5. The van der Waals surface area contributed by atoms with Gasteiger partial charge in [-0.15, -0.1) is 0 Å². The summed E-state index contributed by atoms with van der Waals surface area (Å²) in [4.78, 5) is 12.0. The number of hydrogen-bond donors (Lipinski definition) is 0. The molecule has 190 valence electrons. The van der Waals surface area contributed by atoms with E-state index in [1.807, 2.05) is 0 Å². The van der Waals surface area contributed by atoms with Gasteiger partial charge in [0.15, 0.2) is 0 Å². The summed E-state index contributed by atoms with van der Waals surface area (Å²) in [6.07, 6.45) is 32.5. The summed E-state index contributed by atoms with van der Waals surface area (Å²) in [6.45, 7) is 7.39. The molecule has 0 aromatic carbocycles. The molecule has 0 rings (SSSR count). The Labute approximate surface area is 202 Å². The standard InChI is InChI=1S/C30H58O2/c1-4-7-9-11-13-14-15-16-17-18-19-20-21-23-25-27-30(31)32-28-29(6-3)26-24-22-12-10-8-5-2/h16-17,29H,4-15,18-28H2,1-3H3/b17-16-. The van der Waals surface area contributed by atoms with Crippen molar-refractivity contribution in [3.05, 3.63) is 12.2 Å². The van der Waals surface area contributed by atoms with E-state index in [9.17, 15) is 4.79 Å². The number of hydrogen-bond acceptors (Lipinski definition) is 2. The van der Waals surface area contributed by atoms with Gasteiger partial charge in [0.25, 0.3) is 0 Å². The van der Waals surface area contributed by atoms with Crippen LogP contribution in [0.15, 0.2) is 12.2 Å². The summed E-state index contributed by atoms with van der Waals surface area (Å²) in [5.74, 6) is 0.572. The monoisotopic (exact) mass is 450 g/mol. The molecule has 0 heterocycles. The van der Waals surface area contributed by atoms with Gasteiger partial charge < -0.3 is 4.74 Å². The molecular weight excluding hydrogens is 392 g/mol. The number of ether oxygens (including phenoxy) is 1. The van der Waals surface area contributed by atoms with Crippen LogP contribution in [0.3, 0.4) is 0 Å². The lowest BCUT2D eigenvalue weighted by Gasteiger charge is -2.15. The highest BCUT2D eigenvalue weighted by atomic mass is 16.5. The van der Waals surface area contributed by atoms with Gasteiger partial charge in [0.2, 0.25) is 0 Å². The SMILES string of the molecule is CCCCCCCC/C=C\CCCCCCCC(=O)OCC(CC)CCCCCCCC. The summed E-state index contributed by atoms with van der Waals surface area (Å²) >= 11 is 0. The summed E-state index contributed by atoms with van der Waals surface area (Å²) < 4.78 is 5.56. The molecule has 0 bridgehead atoms. The number of carbonyl (C=O) groups is 1. The minimum Gasteiger partial charge on any atom is -0.465 e. The molecule has 1 atom stereocenters. The van der Waals surface area contributed by atoms with Crippen molar-refractivity contribution in [3.63, 3.8) is 0 Å². The van der Waals surface area contributed by atoms with Crippen molar-refractivity contribution in [2.45, 2.75) is 162 Å². The van der Waals surface area contributed by atoms with E-state index in [1.165, 1.54) is 116 Å². The van der Waals surface area contributed by atoms with Crippen molar-refractivity contribution in [2.75, 3.05) is 6.61 Å². The van der Waals surface area contributed by atoms with Crippen LogP contribution in [0.5, 0.6) is 0 Å². The Hall–Kier alpha value is -0.790. The minimum atomic E-state index is 0.0176. The maximum Gasteiger partial charge on any atom is 0.305 e. The van der Waals surface area contributed by atoms with Crippen molar-refractivity contribution < 1.29 is 9.53 Å². The summed E-state index contributed by atoms with van der Waals surface area (Å²) in [6, 6.07) is 0. The largest absolute Gasteiger partial charge is 0.465 e. The van der Waals surface area contributed by atoms with Crippen LogP contribution in [-0.4, -0.2) is 12.6 Å². The molecule has 0 aromatic heterocycles. The van der Waals surface area contributed by atoms with Gasteiger partial charge in [-0.25, -0.2) is 0 Å².